The van der Waals surface area contributed by atoms with Crippen LogP contribution in [0.4, 0.5) is 17.6 Å². The fraction of sp³-hybridized carbons (Fsp3) is 0.696. The molecule has 2 aromatic rings. The van der Waals surface area contributed by atoms with Crippen molar-refractivity contribution >= 4 is 11.6 Å². The molecule has 6 nitrogen and oxygen atoms in total. The Kier molecular flexibility index (Phi) is 4.61. The lowest BCUT2D eigenvalue weighted by Crippen LogP contribution is -2.39. The standard InChI is InChI=1S/C23H27F4N5O/c24-22(25)7-11(8-22)3-19(33)31-21(12-1-2-12)14-6-18-30-17(10-32(18)29-9-14)20(28)13-4-15-16(5-13)23(15,26)27/h6,9-13,15-16,20-21H,1-5,7-8,28H2,(H,31,33)/t13-,15-,16+,20-,21+/m0/s1. The van der Waals surface area contributed by atoms with Gasteiger partial charge in [-0.25, -0.2) is 27.1 Å². The van der Waals surface area contributed by atoms with E-state index in [0.717, 1.165) is 18.4 Å². The molecule has 4 aliphatic carbocycles. The third kappa shape index (κ3) is 3.80. The molecular formula is C23H27F4N5O. The van der Waals surface area contributed by atoms with Crippen molar-refractivity contribution in [2.45, 2.75) is 68.9 Å². The summed E-state index contributed by atoms with van der Waals surface area (Å²) in [6.45, 7) is 0. The fourth-order valence-corrected chi connectivity index (χ4v) is 5.95. The van der Waals surface area contributed by atoms with Crippen LogP contribution in [0.2, 0.25) is 0 Å². The summed E-state index contributed by atoms with van der Waals surface area (Å²) in [4.78, 5) is 17.1. The van der Waals surface area contributed by atoms with Crippen molar-refractivity contribution in [3.8, 4) is 0 Å². The Labute approximate surface area is 188 Å². The van der Waals surface area contributed by atoms with Gasteiger partial charge in [-0.3, -0.25) is 4.79 Å². The number of alkyl halides is 4. The number of imidazole rings is 1. The summed E-state index contributed by atoms with van der Waals surface area (Å²) >= 11 is 0. The van der Waals surface area contributed by atoms with Gasteiger partial charge < -0.3 is 11.1 Å². The van der Waals surface area contributed by atoms with Crippen LogP contribution in [0.1, 0.15) is 68.3 Å². The van der Waals surface area contributed by atoms with Crippen molar-refractivity contribution < 1.29 is 22.4 Å². The summed E-state index contributed by atoms with van der Waals surface area (Å²) in [7, 11) is 0. The third-order valence-electron chi connectivity index (χ3n) is 8.11. The normalized spacial score (nSPS) is 31.6. The highest BCUT2D eigenvalue weighted by atomic mass is 19.3. The number of hydrogen-bond acceptors (Lipinski definition) is 4. The molecule has 0 aromatic carbocycles. The maximum Gasteiger partial charge on any atom is 0.254 e. The summed E-state index contributed by atoms with van der Waals surface area (Å²) in [6, 6.07) is 1.22. The number of nitrogens with one attached hydrogen (secondary N) is 1. The second kappa shape index (κ2) is 7.13. The quantitative estimate of drug-likeness (QED) is 0.605. The Hall–Kier alpha value is -2.23. The number of carbonyl (C=O) groups is 1. The van der Waals surface area contributed by atoms with E-state index in [1.807, 2.05) is 6.07 Å². The van der Waals surface area contributed by atoms with Crippen LogP contribution in [0.5, 0.6) is 0 Å². The summed E-state index contributed by atoms with van der Waals surface area (Å²) < 4.78 is 54.8. The molecule has 3 N–H and O–H groups in total. The van der Waals surface area contributed by atoms with Gasteiger partial charge in [-0.15, -0.1) is 0 Å². The second-order valence-electron chi connectivity index (χ2n) is 10.6. The van der Waals surface area contributed by atoms with Gasteiger partial charge in [0, 0.05) is 31.1 Å². The monoisotopic (exact) mass is 465 g/mol. The molecular weight excluding hydrogens is 438 g/mol. The Morgan fingerprint density at radius 1 is 1.18 bits per heavy atom. The van der Waals surface area contributed by atoms with E-state index in [1.165, 1.54) is 0 Å². The minimum Gasteiger partial charge on any atom is -0.349 e. The van der Waals surface area contributed by atoms with Gasteiger partial charge in [-0.2, -0.15) is 5.10 Å². The molecule has 0 aliphatic heterocycles. The van der Waals surface area contributed by atoms with Gasteiger partial charge in [-0.1, -0.05) is 0 Å². The second-order valence-corrected chi connectivity index (χ2v) is 10.6. The van der Waals surface area contributed by atoms with Crippen LogP contribution in [-0.4, -0.2) is 32.4 Å². The Balaban J connectivity index is 1.14. The van der Waals surface area contributed by atoms with E-state index in [2.05, 4.69) is 15.4 Å². The molecule has 0 saturated heterocycles. The summed E-state index contributed by atoms with van der Waals surface area (Å²) in [6.07, 6.45) is 5.91. The molecule has 178 valence electrons. The van der Waals surface area contributed by atoms with Crippen LogP contribution in [0.25, 0.3) is 5.65 Å². The lowest BCUT2D eigenvalue weighted by Gasteiger charge is -2.34. The first-order valence-corrected chi connectivity index (χ1v) is 11.8. The molecule has 5 atom stereocenters. The zero-order valence-corrected chi connectivity index (χ0v) is 18.1. The number of carbonyl (C=O) groups excluding carboxylic acids is 1. The summed E-state index contributed by atoms with van der Waals surface area (Å²) in [5, 5.41) is 7.45. The Bertz CT molecular complexity index is 1080. The smallest absolute Gasteiger partial charge is 0.254 e. The molecule has 4 fully saturated rings. The molecule has 0 radical (unpaired) electrons. The fourth-order valence-electron chi connectivity index (χ4n) is 5.95. The predicted molar refractivity (Wildman–Crippen MR) is 110 cm³/mol. The van der Waals surface area contributed by atoms with Crippen molar-refractivity contribution in [1.82, 2.24) is 19.9 Å². The highest BCUT2D eigenvalue weighted by Gasteiger charge is 2.71. The third-order valence-corrected chi connectivity index (χ3v) is 8.11. The number of halogens is 4. The van der Waals surface area contributed by atoms with Gasteiger partial charge in [0.2, 0.25) is 11.8 Å². The van der Waals surface area contributed by atoms with E-state index >= 15 is 0 Å². The van der Waals surface area contributed by atoms with Crippen LogP contribution < -0.4 is 11.1 Å². The highest BCUT2D eigenvalue weighted by Crippen LogP contribution is 2.66. The van der Waals surface area contributed by atoms with Crippen molar-refractivity contribution in [3.05, 3.63) is 29.7 Å². The lowest BCUT2D eigenvalue weighted by atomic mass is 9.79. The number of fused-ring (bicyclic) bond motifs is 2. The van der Waals surface area contributed by atoms with E-state index < -0.39 is 29.7 Å². The molecule has 1 amide bonds. The van der Waals surface area contributed by atoms with Crippen molar-refractivity contribution in [1.29, 1.82) is 0 Å². The highest BCUT2D eigenvalue weighted by molar-refractivity contribution is 5.77. The van der Waals surface area contributed by atoms with Crippen LogP contribution in [-0.2, 0) is 4.79 Å². The van der Waals surface area contributed by atoms with E-state index in [-0.39, 0.29) is 43.0 Å². The van der Waals surface area contributed by atoms with Crippen LogP contribution >= 0.6 is 0 Å². The van der Waals surface area contributed by atoms with Crippen LogP contribution in [0, 0.1) is 29.6 Å². The average molecular weight is 465 g/mol. The Morgan fingerprint density at radius 2 is 1.88 bits per heavy atom. The van der Waals surface area contributed by atoms with E-state index in [1.54, 1.807) is 16.9 Å². The number of aromatic nitrogens is 3. The van der Waals surface area contributed by atoms with E-state index in [0.29, 0.717) is 30.1 Å². The molecule has 0 spiro atoms. The molecule has 4 saturated carbocycles. The lowest BCUT2D eigenvalue weighted by molar-refractivity contribution is -0.134. The largest absolute Gasteiger partial charge is 0.349 e. The van der Waals surface area contributed by atoms with Crippen molar-refractivity contribution in [2.75, 3.05) is 0 Å². The molecule has 2 aromatic heterocycles. The first-order valence-electron chi connectivity index (χ1n) is 11.8. The molecule has 2 heterocycles. The molecule has 0 unspecified atom stereocenters. The Morgan fingerprint density at radius 3 is 2.52 bits per heavy atom. The molecule has 4 aliphatic rings. The number of rotatable bonds is 7. The maximum atomic E-state index is 13.5. The predicted octanol–water partition coefficient (Wildman–Crippen LogP) is 4.02. The van der Waals surface area contributed by atoms with Crippen LogP contribution in [0.15, 0.2) is 18.5 Å². The van der Waals surface area contributed by atoms with Crippen molar-refractivity contribution in [2.24, 2.45) is 35.3 Å². The summed E-state index contributed by atoms with van der Waals surface area (Å²) in [5.74, 6) is -6.42. The van der Waals surface area contributed by atoms with Crippen LogP contribution in [0.3, 0.4) is 0 Å². The molecule has 6 rings (SSSR count). The van der Waals surface area contributed by atoms with E-state index in [4.69, 9.17) is 5.73 Å². The first kappa shape index (κ1) is 21.3. The SMILES string of the molecule is N[C@H](c1cn2ncc([C@H](NC(=O)CC3CC(F)(F)C3)C3CC3)cc2n1)[C@@H]1C[C@@H]2[C@H](C1)C2(F)F. The average Bonchev–Trinajstić information content (AvgIpc) is 3.49. The van der Waals surface area contributed by atoms with Gasteiger partial charge >= 0.3 is 0 Å². The topological polar surface area (TPSA) is 85.3 Å². The minimum absolute atomic E-state index is 0.0126. The van der Waals surface area contributed by atoms with Gasteiger partial charge in [0.05, 0.1) is 30.2 Å². The van der Waals surface area contributed by atoms with E-state index in [9.17, 15) is 22.4 Å². The van der Waals surface area contributed by atoms with Gasteiger partial charge in [0.15, 0.2) is 5.65 Å². The molecule has 33 heavy (non-hydrogen) atoms. The van der Waals surface area contributed by atoms with Gasteiger partial charge in [0.25, 0.3) is 5.92 Å². The maximum absolute atomic E-state index is 13.5. The zero-order chi connectivity index (χ0) is 23.1. The minimum atomic E-state index is -2.63. The number of nitrogens with two attached hydrogens (primary N) is 1. The molecule has 10 heteroatoms. The first-order chi connectivity index (χ1) is 15.6. The number of hydrogen-bond donors (Lipinski definition) is 2. The number of nitrogens with zero attached hydrogens (tertiary/aromatic N) is 3. The number of amides is 1. The van der Waals surface area contributed by atoms with Gasteiger partial charge in [0.1, 0.15) is 0 Å². The van der Waals surface area contributed by atoms with Crippen molar-refractivity contribution in [3.63, 3.8) is 0 Å². The molecule has 0 bridgehead atoms. The van der Waals surface area contributed by atoms with Gasteiger partial charge in [-0.05, 0) is 55.1 Å². The summed E-state index contributed by atoms with van der Waals surface area (Å²) in [5.41, 5.74) is 8.43. The zero-order valence-electron chi connectivity index (χ0n) is 18.1.